The fourth-order valence-corrected chi connectivity index (χ4v) is 4.67. The second-order valence-corrected chi connectivity index (χ2v) is 8.46. The summed E-state index contributed by atoms with van der Waals surface area (Å²) in [5, 5.41) is 9.09. The van der Waals surface area contributed by atoms with Gasteiger partial charge in [0, 0.05) is 17.5 Å². The molecular weight excluding hydrogens is 318 g/mol. The fourth-order valence-electron chi connectivity index (χ4n) is 3.29. The van der Waals surface area contributed by atoms with Crippen LogP contribution in [0.15, 0.2) is 23.1 Å². The minimum absolute atomic E-state index is 0.0317. The predicted molar refractivity (Wildman–Crippen MR) is 84.1 cm³/mol. The molecule has 1 aromatic rings. The topological polar surface area (TPSA) is 92.7 Å². The van der Waals surface area contributed by atoms with Crippen molar-refractivity contribution in [2.24, 2.45) is 0 Å². The summed E-state index contributed by atoms with van der Waals surface area (Å²) in [6.07, 6.45) is 4.49. The number of hydrogen-bond acceptors (Lipinski definition) is 4. The molecule has 3 rings (SSSR count). The van der Waals surface area contributed by atoms with E-state index in [2.05, 4.69) is 4.72 Å². The van der Waals surface area contributed by atoms with E-state index < -0.39 is 21.5 Å². The van der Waals surface area contributed by atoms with Crippen LogP contribution < -0.4 is 9.46 Å². The van der Waals surface area contributed by atoms with Gasteiger partial charge in [0.05, 0.1) is 4.90 Å². The standard InChI is InChI=1S/C16H21NO5S/c1-16(2,15(18)19)17-23(20,21)10-7-8-12-11-5-3-4-6-13(11)22-14(12)9-10/h7-9,11,13,17H,3-6H2,1-2H3,(H,18,19). The molecule has 0 amide bonds. The van der Waals surface area contributed by atoms with Crippen LogP contribution in [0.1, 0.15) is 51.0 Å². The number of hydrogen-bond donors (Lipinski definition) is 2. The van der Waals surface area contributed by atoms with E-state index in [4.69, 9.17) is 9.84 Å². The monoisotopic (exact) mass is 339 g/mol. The molecule has 0 spiro atoms. The first-order valence-electron chi connectivity index (χ1n) is 7.79. The molecule has 2 aliphatic rings. The van der Waals surface area contributed by atoms with Crippen LogP contribution in [-0.2, 0) is 14.8 Å². The van der Waals surface area contributed by atoms with Crippen molar-refractivity contribution in [1.29, 1.82) is 0 Å². The summed E-state index contributed by atoms with van der Waals surface area (Å²) >= 11 is 0. The van der Waals surface area contributed by atoms with Crippen molar-refractivity contribution < 1.29 is 23.1 Å². The molecule has 0 saturated heterocycles. The molecule has 2 atom stereocenters. The Hall–Kier alpha value is -1.60. The maximum atomic E-state index is 12.4. The quantitative estimate of drug-likeness (QED) is 0.877. The largest absolute Gasteiger partial charge is 0.489 e. The molecule has 0 aromatic heterocycles. The number of fused-ring (bicyclic) bond motifs is 3. The molecule has 2 N–H and O–H groups in total. The van der Waals surface area contributed by atoms with Gasteiger partial charge in [-0.15, -0.1) is 0 Å². The van der Waals surface area contributed by atoms with Gasteiger partial charge in [0.15, 0.2) is 0 Å². The molecular formula is C16H21NO5S. The Morgan fingerprint density at radius 3 is 2.70 bits per heavy atom. The van der Waals surface area contributed by atoms with Crippen molar-refractivity contribution in [2.45, 2.75) is 62.0 Å². The minimum atomic E-state index is -3.93. The van der Waals surface area contributed by atoms with E-state index in [0.29, 0.717) is 11.7 Å². The van der Waals surface area contributed by atoms with Crippen molar-refractivity contribution in [1.82, 2.24) is 4.72 Å². The number of nitrogens with one attached hydrogen (secondary N) is 1. The Bertz CT molecular complexity index is 741. The summed E-state index contributed by atoms with van der Waals surface area (Å²) in [7, 11) is -3.93. The van der Waals surface area contributed by atoms with Crippen molar-refractivity contribution in [3.8, 4) is 5.75 Å². The highest BCUT2D eigenvalue weighted by Gasteiger charge is 2.38. The summed E-state index contributed by atoms with van der Waals surface area (Å²) in [5.41, 5.74) is -0.515. The first-order chi connectivity index (χ1) is 10.7. The Morgan fingerprint density at radius 1 is 1.30 bits per heavy atom. The third-order valence-electron chi connectivity index (χ3n) is 4.60. The van der Waals surface area contributed by atoms with Crippen LogP contribution in [0.5, 0.6) is 5.75 Å². The zero-order chi connectivity index (χ0) is 16.8. The number of aliphatic carboxylic acids is 1. The zero-order valence-corrected chi connectivity index (χ0v) is 14.0. The molecule has 1 aliphatic heterocycles. The highest BCUT2D eigenvalue weighted by Crippen LogP contribution is 2.46. The summed E-state index contributed by atoms with van der Waals surface area (Å²) in [6, 6.07) is 4.83. The fraction of sp³-hybridized carbons (Fsp3) is 0.562. The van der Waals surface area contributed by atoms with E-state index in [1.165, 1.54) is 32.4 Å². The van der Waals surface area contributed by atoms with Gasteiger partial charge in [-0.25, -0.2) is 8.42 Å². The molecule has 1 heterocycles. The van der Waals surface area contributed by atoms with E-state index >= 15 is 0 Å². The van der Waals surface area contributed by atoms with E-state index in [9.17, 15) is 13.2 Å². The van der Waals surface area contributed by atoms with E-state index in [0.717, 1.165) is 24.8 Å². The Balaban J connectivity index is 1.90. The molecule has 1 aromatic carbocycles. The molecule has 0 radical (unpaired) electrons. The van der Waals surface area contributed by atoms with Gasteiger partial charge in [0.1, 0.15) is 17.4 Å². The molecule has 1 saturated carbocycles. The van der Waals surface area contributed by atoms with Gasteiger partial charge in [-0.2, -0.15) is 4.72 Å². The second kappa shape index (κ2) is 5.49. The normalized spacial score (nSPS) is 23.7. The average Bonchev–Trinajstić information content (AvgIpc) is 2.83. The van der Waals surface area contributed by atoms with Crippen molar-refractivity contribution >= 4 is 16.0 Å². The first-order valence-corrected chi connectivity index (χ1v) is 9.27. The van der Waals surface area contributed by atoms with Crippen LogP contribution >= 0.6 is 0 Å². The Morgan fingerprint density at radius 2 is 2.00 bits per heavy atom. The van der Waals surface area contributed by atoms with Crippen LogP contribution in [-0.4, -0.2) is 31.1 Å². The zero-order valence-electron chi connectivity index (χ0n) is 13.2. The third kappa shape index (κ3) is 2.95. The molecule has 7 heteroatoms. The third-order valence-corrected chi connectivity index (χ3v) is 6.25. The summed E-state index contributed by atoms with van der Waals surface area (Å²) in [5.74, 6) is -0.277. The number of benzene rings is 1. The lowest BCUT2D eigenvalue weighted by atomic mass is 9.83. The SMILES string of the molecule is CC(C)(NS(=O)(=O)c1ccc2c(c1)OC1CCCCC21)C(=O)O. The number of ether oxygens (including phenoxy) is 1. The molecule has 1 aliphatic carbocycles. The van der Waals surface area contributed by atoms with Crippen LogP contribution in [0.2, 0.25) is 0 Å². The van der Waals surface area contributed by atoms with Gasteiger partial charge in [-0.3, -0.25) is 4.79 Å². The van der Waals surface area contributed by atoms with Gasteiger partial charge < -0.3 is 9.84 Å². The molecule has 2 unspecified atom stereocenters. The van der Waals surface area contributed by atoms with Crippen LogP contribution in [0.25, 0.3) is 0 Å². The highest BCUT2D eigenvalue weighted by molar-refractivity contribution is 7.89. The van der Waals surface area contributed by atoms with Crippen LogP contribution in [0.3, 0.4) is 0 Å². The lowest BCUT2D eigenvalue weighted by Gasteiger charge is -2.23. The van der Waals surface area contributed by atoms with Gasteiger partial charge >= 0.3 is 5.97 Å². The summed E-state index contributed by atoms with van der Waals surface area (Å²) < 4.78 is 33.0. The van der Waals surface area contributed by atoms with E-state index in [-0.39, 0.29) is 11.0 Å². The maximum Gasteiger partial charge on any atom is 0.324 e. The number of carbonyl (C=O) groups is 1. The molecule has 23 heavy (non-hydrogen) atoms. The smallest absolute Gasteiger partial charge is 0.324 e. The van der Waals surface area contributed by atoms with Gasteiger partial charge in [-0.1, -0.05) is 12.5 Å². The van der Waals surface area contributed by atoms with Gasteiger partial charge in [-0.05, 0) is 39.2 Å². The molecule has 0 bridgehead atoms. The van der Waals surface area contributed by atoms with Crippen molar-refractivity contribution in [3.63, 3.8) is 0 Å². The van der Waals surface area contributed by atoms with Crippen LogP contribution in [0, 0.1) is 0 Å². The summed E-state index contributed by atoms with van der Waals surface area (Å²) in [6.45, 7) is 2.62. The lowest BCUT2D eigenvalue weighted by Crippen LogP contribution is -2.49. The van der Waals surface area contributed by atoms with E-state index in [1.807, 2.05) is 0 Å². The average molecular weight is 339 g/mol. The number of rotatable bonds is 4. The minimum Gasteiger partial charge on any atom is -0.489 e. The van der Waals surface area contributed by atoms with Crippen molar-refractivity contribution in [3.05, 3.63) is 23.8 Å². The Kier molecular flexibility index (Phi) is 3.88. The van der Waals surface area contributed by atoms with Gasteiger partial charge in [0.25, 0.3) is 0 Å². The number of sulfonamides is 1. The van der Waals surface area contributed by atoms with Crippen LogP contribution in [0.4, 0.5) is 0 Å². The molecule has 1 fully saturated rings. The Labute approximate surface area is 135 Å². The highest BCUT2D eigenvalue weighted by atomic mass is 32.2. The van der Waals surface area contributed by atoms with Crippen molar-refractivity contribution in [2.75, 3.05) is 0 Å². The first kappa shape index (κ1) is 16.3. The lowest BCUT2D eigenvalue weighted by molar-refractivity contribution is -0.142. The number of carboxylic acids is 1. The molecule has 6 nitrogen and oxygen atoms in total. The number of carboxylic acid groups (broad SMARTS) is 1. The molecule has 126 valence electrons. The predicted octanol–water partition coefficient (Wildman–Crippen LogP) is 2.25. The van der Waals surface area contributed by atoms with Gasteiger partial charge in [0.2, 0.25) is 10.0 Å². The second-order valence-electron chi connectivity index (χ2n) is 6.78. The summed E-state index contributed by atoms with van der Waals surface area (Å²) in [4.78, 5) is 11.2. The van der Waals surface area contributed by atoms with E-state index in [1.54, 1.807) is 6.07 Å². The maximum absolute atomic E-state index is 12.4.